The van der Waals surface area contributed by atoms with E-state index >= 15 is 0 Å². The molecule has 2 aromatic carbocycles. The number of ether oxygens (including phenoxy) is 2. The number of hydrogen-bond donors (Lipinski definition) is 2. The Labute approximate surface area is 150 Å². The zero-order valence-corrected chi connectivity index (χ0v) is 14.8. The third-order valence-electron chi connectivity index (χ3n) is 3.47. The number of rotatable bonds is 6. The molecule has 3 rings (SSSR count). The van der Waals surface area contributed by atoms with Gasteiger partial charge in [-0.1, -0.05) is 0 Å². The van der Waals surface area contributed by atoms with Crippen molar-refractivity contribution in [2.24, 2.45) is 5.14 Å². The van der Waals surface area contributed by atoms with E-state index in [0.717, 1.165) is 5.39 Å². The predicted molar refractivity (Wildman–Crippen MR) is 96.1 cm³/mol. The molecule has 0 radical (unpaired) electrons. The van der Waals surface area contributed by atoms with E-state index in [-0.39, 0.29) is 5.75 Å². The van der Waals surface area contributed by atoms with Crippen molar-refractivity contribution in [1.29, 1.82) is 0 Å². The molecule has 1 aromatic heterocycles. The number of hydrogen-bond acceptors (Lipinski definition) is 8. The summed E-state index contributed by atoms with van der Waals surface area (Å²) in [7, 11) is -0.962. The first-order chi connectivity index (χ1) is 12.4. The standard InChI is InChI=1S/C16H16N4O5S/c1-23-14-7-12-13(8-15(14)24-2)18-9-19-16(12)20-10-3-5-11(6-4-10)25-26(17,21)22/h3-9H,1-2H3,(H2,17,21,22)(H,18,19,20). The van der Waals surface area contributed by atoms with Crippen molar-refractivity contribution in [3.8, 4) is 17.2 Å². The minimum Gasteiger partial charge on any atom is -0.493 e. The Kier molecular flexibility index (Phi) is 4.78. The number of benzene rings is 2. The average molecular weight is 376 g/mol. The summed E-state index contributed by atoms with van der Waals surface area (Å²) < 4.78 is 37.1. The molecule has 0 saturated carbocycles. The van der Waals surface area contributed by atoms with Crippen LogP contribution in [0.15, 0.2) is 42.7 Å². The van der Waals surface area contributed by atoms with E-state index in [1.165, 1.54) is 18.5 Å². The molecule has 0 bridgehead atoms. The van der Waals surface area contributed by atoms with Crippen LogP contribution in [0, 0.1) is 0 Å². The van der Waals surface area contributed by atoms with Crippen molar-refractivity contribution in [1.82, 2.24) is 9.97 Å². The van der Waals surface area contributed by atoms with E-state index in [9.17, 15) is 8.42 Å². The molecular weight excluding hydrogens is 360 g/mol. The highest BCUT2D eigenvalue weighted by Crippen LogP contribution is 2.34. The highest BCUT2D eigenvalue weighted by atomic mass is 32.2. The van der Waals surface area contributed by atoms with E-state index < -0.39 is 10.3 Å². The second kappa shape index (κ2) is 7.02. The topological polar surface area (TPSA) is 126 Å². The summed E-state index contributed by atoms with van der Waals surface area (Å²) in [5.41, 5.74) is 1.34. The number of nitrogens with zero attached hydrogens (tertiary/aromatic N) is 2. The Hall–Kier alpha value is -3.11. The van der Waals surface area contributed by atoms with Gasteiger partial charge in [-0.15, -0.1) is 0 Å². The summed E-state index contributed by atoms with van der Waals surface area (Å²) in [4.78, 5) is 8.48. The van der Waals surface area contributed by atoms with Crippen molar-refractivity contribution >= 4 is 32.7 Å². The molecule has 0 amide bonds. The molecule has 0 fully saturated rings. The Morgan fingerprint density at radius 2 is 1.65 bits per heavy atom. The van der Waals surface area contributed by atoms with Crippen LogP contribution < -0.4 is 24.1 Å². The van der Waals surface area contributed by atoms with Gasteiger partial charge in [0.15, 0.2) is 11.5 Å². The van der Waals surface area contributed by atoms with E-state index in [1.54, 1.807) is 38.5 Å². The molecule has 0 unspecified atom stereocenters. The Morgan fingerprint density at radius 1 is 1.00 bits per heavy atom. The first-order valence-corrected chi connectivity index (χ1v) is 8.83. The summed E-state index contributed by atoms with van der Waals surface area (Å²) in [5.74, 6) is 1.77. The van der Waals surface area contributed by atoms with Gasteiger partial charge in [0.05, 0.1) is 19.7 Å². The summed E-state index contributed by atoms with van der Waals surface area (Å²) >= 11 is 0. The third kappa shape index (κ3) is 3.92. The van der Waals surface area contributed by atoms with Gasteiger partial charge in [-0.25, -0.2) is 9.97 Å². The van der Waals surface area contributed by atoms with Gasteiger partial charge in [0.25, 0.3) is 0 Å². The molecule has 0 aliphatic rings. The lowest BCUT2D eigenvalue weighted by Crippen LogP contribution is -2.18. The van der Waals surface area contributed by atoms with Gasteiger partial charge in [-0.2, -0.15) is 13.6 Å². The number of methoxy groups -OCH3 is 2. The quantitative estimate of drug-likeness (QED) is 0.669. The maximum atomic E-state index is 10.9. The fraction of sp³-hybridized carbons (Fsp3) is 0.125. The van der Waals surface area contributed by atoms with Gasteiger partial charge in [0.2, 0.25) is 0 Å². The van der Waals surface area contributed by atoms with Crippen molar-refractivity contribution in [2.75, 3.05) is 19.5 Å². The zero-order valence-electron chi connectivity index (χ0n) is 14.0. The van der Waals surface area contributed by atoms with Gasteiger partial charge in [-0.05, 0) is 30.3 Å². The highest BCUT2D eigenvalue weighted by Gasteiger charge is 2.11. The number of anilines is 2. The fourth-order valence-corrected chi connectivity index (χ4v) is 2.73. The molecule has 9 nitrogen and oxygen atoms in total. The van der Waals surface area contributed by atoms with Crippen LogP contribution in [0.25, 0.3) is 10.9 Å². The number of aromatic nitrogens is 2. The van der Waals surface area contributed by atoms with E-state index in [2.05, 4.69) is 19.5 Å². The fourth-order valence-electron chi connectivity index (χ4n) is 2.35. The Morgan fingerprint density at radius 3 is 2.27 bits per heavy atom. The van der Waals surface area contributed by atoms with Gasteiger partial charge in [0, 0.05) is 17.1 Å². The van der Waals surface area contributed by atoms with E-state index in [1.807, 2.05) is 0 Å². The molecule has 1 heterocycles. The van der Waals surface area contributed by atoms with Crippen LogP contribution in [0.1, 0.15) is 0 Å². The first kappa shape index (κ1) is 17.7. The van der Waals surface area contributed by atoms with Gasteiger partial charge < -0.3 is 19.0 Å². The molecule has 0 saturated heterocycles. The Balaban J connectivity index is 1.93. The van der Waals surface area contributed by atoms with Crippen LogP contribution in [0.5, 0.6) is 17.2 Å². The summed E-state index contributed by atoms with van der Waals surface area (Å²) in [6.07, 6.45) is 1.43. The molecule has 0 aliphatic heterocycles. The van der Waals surface area contributed by atoms with Crippen molar-refractivity contribution in [2.45, 2.75) is 0 Å². The number of nitrogens with one attached hydrogen (secondary N) is 1. The minimum absolute atomic E-state index is 0.108. The molecule has 10 heteroatoms. The highest BCUT2D eigenvalue weighted by molar-refractivity contribution is 7.84. The SMILES string of the molecule is COc1cc2ncnc(Nc3ccc(OS(N)(=O)=O)cc3)c2cc1OC. The van der Waals surface area contributed by atoms with Crippen molar-refractivity contribution in [3.63, 3.8) is 0 Å². The van der Waals surface area contributed by atoms with Crippen LogP contribution in [-0.2, 0) is 10.3 Å². The first-order valence-electron chi connectivity index (χ1n) is 7.35. The molecule has 0 spiro atoms. The zero-order chi connectivity index (χ0) is 18.7. The largest absolute Gasteiger partial charge is 0.493 e. The average Bonchev–Trinajstić information content (AvgIpc) is 2.61. The van der Waals surface area contributed by atoms with Gasteiger partial charge in [0.1, 0.15) is 17.9 Å². The summed E-state index contributed by atoms with van der Waals surface area (Å²) in [6, 6.07) is 9.74. The maximum Gasteiger partial charge on any atom is 0.380 e. The van der Waals surface area contributed by atoms with E-state index in [4.69, 9.17) is 14.6 Å². The summed E-state index contributed by atoms with van der Waals surface area (Å²) in [5, 5.41) is 8.71. The normalized spacial score (nSPS) is 11.2. The molecule has 3 N–H and O–H groups in total. The van der Waals surface area contributed by atoms with Gasteiger partial charge in [-0.3, -0.25) is 0 Å². The molecular formula is C16H16N4O5S. The van der Waals surface area contributed by atoms with Crippen LogP contribution >= 0.6 is 0 Å². The molecule has 0 atom stereocenters. The second-order valence-corrected chi connectivity index (χ2v) is 6.32. The second-order valence-electron chi connectivity index (χ2n) is 5.17. The lowest BCUT2D eigenvalue weighted by atomic mass is 10.2. The van der Waals surface area contributed by atoms with Crippen molar-refractivity contribution < 1.29 is 22.1 Å². The van der Waals surface area contributed by atoms with Crippen LogP contribution in [0.3, 0.4) is 0 Å². The molecule has 3 aromatic rings. The van der Waals surface area contributed by atoms with Crippen molar-refractivity contribution in [3.05, 3.63) is 42.7 Å². The third-order valence-corrected chi connectivity index (χ3v) is 3.89. The van der Waals surface area contributed by atoms with Crippen LogP contribution in [0.4, 0.5) is 11.5 Å². The van der Waals surface area contributed by atoms with E-state index in [0.29, 0.717) is 28.5 Å². The minimum atomic E-state index is -4.06. The monoisotopic (exact) mass is 376 g/mol. The number of nitrogens with two attached hydrogens (primary N) is 1. The van der Waals surface area contributed by atoms with Crippen LogP contribution in [-0.4, -0.2) is 32.6 Å². The van der Waals surface area contributed by atoms with Crippen LogP contribution in [0.2, 0.25) is 0 Å². The number of fused-ring (bicyclic) bond motifs is 1. The lowest BCUT2D eigenvalue weighted by molar-refractivity contribution is 0.356. The predicted octanol–water partition coefficient (Wildman–Crippen LogP) is 1.97. The lowest BCUT2D eigenvalue weighted by Gasteiger charge is -2.12. The molecule has 0 aliphatic carbocycles. The van der Waals surface area contributed by atoms with Gasteiger partial charge >= 0.3 is 10.3 Å². The smallest absolute Gasteiger partial charge is 0.380 e. The summed E-state index contributed by atoms with van der Waals surface area (Å²) in [6.45, 7) is 0. The maximum absolute atomic E-state index is 10.9. The molecule has 136 valence electrons. The Bertz CT molecular complexity index is 1040. The molecule has 26 heavy (non-hydrogen) atoms.